The van der Waals surface area contributed by atoms with Gasteiger partial charge < -0.3 is 15.6 Å². The molecule has 0 radical (unpaired) electrons. The minimum atomic E-state index is -0.0375. The third kappa shape index (κ3) is 3.74. The van der Waals surface area contributed by atoms with Gasteiger partial charge in [-0.15, -0.1) is 0 Å². The average Bonchev–Trinajstić information content (AvgIpc) is 2.96. The average molecular weight is 286 g/mol. The van der Waals surface area contributed by atoms with Crippen LogP contribution < -0.4 is 10.6 Å². The van der Waals surface area contributed by atoms with Crippen LogP contribution in [-0.4, -0.2) is 28.6 Å². The molecule has 3 rings (SSSR count). The quantitative estimate of drug-likeness (QED) is 0.809. The SMILES string of the molecule is O=C(NCCc1ccc2nc[nH]c2c1)NC1CCCCC1. The van der Waals surface area contributed by atoms with E-state index in [4.69, 9.17) is 0 Å². The molecule has 0 aliphatic heterocycles. The summed E-state index contributed by atoms with van der Waals surface area (Å²) >= 11 is 0. The number of aromatic amines is 1. The van der Waals surface area contributed by atoms with Gasteiger partial charge in [0.25, 0.3) is 0 Å². The Morgan fingerprint density at radius 3 is 3.00 bits per heavy atom. The van der Waals surface area contributed by atoms with Gasteiger partial charge >= 0.3 is 6.03 Å². The fourth-order valence-corrected chi connectivity index (χ4v) is 2.94. The van der Waals surface area contributed by atoms with E-state index in [1.165, 1.54) is 24.8 Å². The Morgan fingerprint density at radius 1 is 1.29 bits per heavy atom. The third-order valence-electron chi connectivity index (χ3n) is 4.12. The van der Waals surface area contributed by atoms with Crippen LogP contribution in [0.4, 0.5) is 4.79 Å². The maximum atomic E-state index is 11.8. The van der Waals surface area contributed by atoms with Crippen LogP contribution >= 0.6 is 0 Å². The van der Waals surface area contributed by atoms with Crippen LogP contribution in [-0.2, 0) is 6.42 Å². The number of hydrogen-bond donors (Lipinski definition) is 3. The molecule has 0 saturated heterocycles. The molecule has 5 heteroatoms. The van der Waals surface area contributed by atoms with E-state index in [-0.39, 0.29) is 6.03 Å². The smallest absolute Gasteiger partial charge is 0.315 e. The van der Waals surface area contributed by atoms with Gasteiger partial charge in [0, 0.05) is 12.6 Å². The summed E-state index contributed by atoms with van der Waals surface area (Å²) in [4.78, 5) is 19.1. The number of aromatic nitrogens is 2. The van der Waals surface area contributed by atoms with Crippen molar-refractivity contribution in [2.24, 2.45) is 0 Å². The number of H-pyrrole nitrogens is 1. The minimum Gasteiger partial charge on any atom is -0.345 e. The topological polar surface area (TPSA) is 69.8 Å². The fraction of sp³-hybridized carbons (Fsp3) is 0.500. The Kier molecular flexibility index (Phi) is 4.38. The Labute approximate surface area is 124 Å². The van der Waals surface area contributed by atoms with E-state index >= 15 is 0 Å². The first-order chi connectivity index (χ1) is 10.3. The molecule has 0 spiro atoms. The lowest BCUT2D eigenvalue weighted by Gasteiger charge is -2.22. The summed E-state index contributed by atoms with van der Waals surface area (Å²) in [5, 5.41) is 6.01. The first-order valence-corrected chi connectivity index (χ1v) is 7.77. The third-order valence-corrected chi connectivity index (χ3v) is 4.12. The van der Waals surface area contributed by atoms with Gasteiger partial charge in [-0.3, -0.25) is 0 Å². The van der Waals surface area contributed by atoms with Gasteiger partial charge in [-0.25, -0.2) is 9.78 Å². The number of nitrogens with zero attached hydrogens (tertiary/aromatic N) is 1. The maximum absolute atomic E-state index is 11.8. The lowest BCUT2D eigenvalue weighted by atomic mass is 9.96. The van der Waals surface area contributed by atoms with E-state index < -0.39 is 0 Å². The van der Waals surface area contributed by atoms with Crippen molar-refractivity contribution in [1.82, 2.24) is 20.6 Å². The van der Waals surface area contributed by atoms with Gasteiger partial charge in [0.15, 0.2) is 0 Å². The second-order valence-corrected chi connectivity index (χ2v) is 5.74. The van der Waals surface area contributed by atoms with E-state index in [9.17, 15) is 4.79 Å². The highest BCUT2D eigenvalue weighted by molar-refractivity contribution is 5.75. The monoisotopic (exact) mass is 286 g/mol. The number of carbonyl (C=O) groups is 1. The lowest BCUT2D eigenvalue weighted by Crippen LogP contribution is -2.43. The standard InChI is InChI=1S/C16H22N4O/c21-16(20-13-4-2-1-3-5-13)17-9-8-12-6-7-14-15(10-12)19-11-18-14/h6-7,10-11,13H,1-5,8-9H2,(H,18,19)(H2,17,20,21). The predicted octanol–water partition coefficient (Wildman–Crippen LogP) is 2.74. The van der Waals surface area contributed by atoms with Crippen molar-refractivity contribution in [1.29, 1.82) is 0 Å². The summed E-state index contributed by atoms with van der Waals surface area (Å²) in [6, 6.07) is 6.47. The highest BCUT2D eigenvalue weighted by Crippen LogP contribution is 2.17. The van der Waals surface area contributed by atoms with Crippen LogP contribution in [0, 0.1) is 0 Å². The first-order valence-electron chi connectivity index (χ1n) is 7.77. The molecule has 112 valence electrons. The second-order valence-electron chi connectivity index (χ2n) is 5.74. The summed E-state index contributed by atoms with van der Waals surface area (Å²) in [6.07, 6.45) is 8.52. The number of carbonyl (C=O) groups excluding carboxylic acids is 1. The van der Waals surface area contributed by atoms with Crippen LogP contribution in [0.1, 0.15) is 37.7 Å². The number of amides is 2. The Hall–Kier alpha value is -2.04. The fourth-order valence-electron chi connectivity index (χ4n) is 2.94. The number of urea groups is 1. The Morgan fingerprint density at radius 2 is 2.14 bits per heavy atom. The van der Waals surface area contributed by atoms with Crippen molar-refractivity contribution in [2.45, 2.75) is 44.6 Å². The molecule has 1 aromatic heterocycles. The van der Waals surface area contributed by atoms with Crippen molar-refractivity contribution in [3.63, 3.8) is 0 Å². The molecule has 3 N–H and O–H groups in total. The van der Waals surface area contributed by atoms with Crippen molar-refractivity contribution in [2.75, 3.05) is 6.54 Å². The molecular formula is C16H22N4O. The highest BCUT2D eigenvalue weighted by atomic mass is 16.2. The molecule has 0 atom stereocenters. The number of fused-ring (bicyclic) bond motifs is 1. The van der Waals surface area contributed by atoms with Gasteiger partial charge in [0.05, 0.1) is 17.4 Å². The molecule has 1 aliphatic carbocycles. The molecule has 2 amide bonds. The molecule has 0 unspecified atom stereocenters. The van der Waals surface area contributed by atoms with Crippen LogP contribution in [0.15, 0.2) is 24.5 Å². The van der Waals surface area contributed by atoms with Crippen LogP contribution in [0.3, 0.4) is 0 Å². The van der Waals surface area contributed by atoms with E-state index in [2.05, 4.69) is 32.7 Å². The number of rotatable bonds is 4. The molecular weight excluding hydrogens is 264 g/mol. The largest absolute Gasteiger partial charge is 0.345 e. The molecule has 0 bridgehead atoms. The van der Waals surface area contributed by atoms with Crippen LogP contribution in [0.25, 0.3) is 11.0 Å². The van der Waals surface area contributed by atoms with E-state index in [1.807, 2.05) is 6.07 Å². The first kappa shape index (κ1) is 13.9. The zero-order chi connectivity index (χ0) is 14.5. The maximum Gasteiger partial charge on any atom is 0.315 e. The highest BCUT2D eigenvalue weighted by Gasteiger charge is 2.15. The minimum absolute atomic E-state index is 0.0375. The molecule has 2 aromatic rings. The number of nitrogens with one attached hydrogen (secondary N) is 3. The van der Waals surface area contributed by atoms with E-state index in [0.29, 0.717) is 12.6 Å². The van der Waals surface area contributed by atoms with Crippen LogP contribution in [0.2, 0.25) is 0 Å². The Bertz CT molecular complexity index is 601. The molecule has 1 fully saturated rings. The summed E-state index contributed by atoms with van der Waals surface area (Å²) in [7, 11) is 0. The molecule has 1 heterocycles. The summed E-state index contributed by atoms with van der Waals surface area (Å²) in [5.74, 6) is 0. The number of hydrogen-bond acceptors (Lipinski definition) is 2. The summed E-state index contributed by atoms with van der Waals surface area (Å²) < 4.78 is 0. The zero-order valence-electron chi connectivity index (χ0n) is 12.2. The van der Waals surface area contributed by atoms with E-state index in [0.717, 1.165) is 30.3 Å². The molecule has 1 aromatic carbocycles. The van der Waals surface area contributed by atoms with Gasteiger partial charge in [0.2, 0.25) is 0 Å². The normalized spacial score (nSPS) is 16.0. The molecule has 21 heavy (non-hydrogen) atoms. The van der Waals surface area contributed by atoms with Crippen LogP contribution in [0.5, 0.6) is 0 Å². The van der Waals surface area contributed by atoms with Gasteiger partial charge in [0.1, 0.15) is 0 Å². The molecule has 5 nitrogen and oxygen atoms in total. The summed E-state index contributed by atoms with van der Waals surface area (Å²) in [5.41, 5.74) is 3.21. The van der Waals surface area contributed by atoms with Gasteiger partial charge in [-0.05, 0) is 37.0 Å². The summed E-state index contributed by atoms with van der Waals surface area (Å²) in [6.45, 7) is 0.651. The molecule has 1 saturated carbocycles. The van der Waals surface area contributed by atoms with Crippen molar-refractivity contribution in [3.8, 4) is 0 Å². The van der Waals surface area contributed by atoms with Crippen molar-refractivity contribution in [3.05, 3.63) is 30.1 Å². The Balaban J connectivity index is 1.43. The zero-order valence-corrected chi connectivity index (χ0v) is 12.2. The molecule has 1 aliphatic rings. The van der Waals surface area contributed by atoms with Gasteiger partial charge in [-0.1, -0.05) is 25.3 Å². The predicted molar refractivity (Wildman–Crippen MR) is 83.2 cm³/mol. The van der Waals surface area contributed by atoms with Gasteiger partial charge in [-0.2, -0.15) is 0 Å². The van der Waals surface area contributed by atoms with E-state index in [1.54, 1.807) is 6.33 Å². The van der Waals surface area contributed by atoms with Crippen molar-refractivity contribution < 1.29 is 4.79 Å². The number of benzene rings is 1. The number of imidazole rings is 1. The second kappa shape index (κ2) is 6.61. The lowest BCUT2D eigenvalue weighted by molar-refractivity contribution is 0.233. The van der Waals surface area contributed by atoms with Crippen molar-refractivity contribution >= 4 is 17.1 Å².